The third-order valence-electron chi connectivity index (χ3n) is 1.40. The molecule has 0 heterocycles. The molecule has 0 saturated carbocycles. The Morgan fingerprint density at radius 3 is 2.70 bits per heavy atom. The molecule has 1 rings (SSSR count). The van der Waals surface area contributed by atoms with Crippen LogP contribution in [0, 0.1) is 6.92 Å². The summed E-state index contributed by atoms with van der Waals surface area (Å²) in [6, 6.07) is 5.49. The molecule has 1 nitrogen and oxygen atoms in total. The Hall–Kier alpha value is -0.465. The molecule has 0 spiro atoms. The van der Waals surface area contributed by atoms with Crippen LogP contribution in [0.3, 0.4) is 0 Å². The Morgan fingerprint density at radius 2 is 2.20 bits per heavy atom. The first-order valence-corrected chi connectivity index (χ1v) is 3.47. The molecule has 3 heteroatoms. The van der Waals surface area contributed by atoms with E-state index in [2.05, 4.69) is 0 Å². The molecule has 52 valence electrons. The summed E-state index contributed by atoms with van der Waals surface area (Å²) >= 11 is 5.76. The number of hydrogen-bond donors (Lipinski definition) is 1. The second kappa shape index (κ2) is 3.08. The Bertz CT molecular complexity index is 237. The summed E-state index contributed by atoms with van der Waals surface area (Å²) in [6.07, 6.45) is 0. The molecular weight excluding hydrogens is 146 g/mol. The molecule has 0 radical (unpaired) electrons. The molecule has 0 aliphatic heterocycles. The van der Waals surface area contributed by atoms with Gasteiger partial charge in [-0.25, -0.2) is 0 Å². The van der Waals surface area contributed by atoms with Gasteiger partial charge in [-0.15, -0.1) is 0 Å². The topological polar surface area (TPSA) is 20.2 Å². The van der Waals surface area contributed by atoms with Gasteiger partial charge in [-0.3, -0.25) is 0 Å². The fourth-order valence-electron chi connectivity index (χ4n) is 0.805. The molecule has 0 saturated heterocycles. The molecule has 0 amide bonds. The molecule has 0 aromatic heterocycles. The van der Waals surface area contributed by atoms with Crippen molar-refractivity contribution in [3.63, 3.8) is 0 Å². The highest BCUT2D eigenvalue weighted by Crippen LogP contribution is 2.11. The molecule has 1 N–H and O–H groups in total. The minimum Gasteiger partial charge on any atom is -0.449 e. The van der Waals surface area contributed by atoms with Crippen molar-refractivity contribution in [2.75, 3.05) is 0 Å². The minimum absolute atomic E-state index is 0.0814. The number of rotatable bonds is 1. The lowest BCUT2D eigenvalue weighted by Gasteiger charge is -1.98. The van der Waals surface area contributed by atoms with Gasteiger partial charge in [0.15, 0.2) is 0 Å². The third kappa shape index (κ3) is 1.52. The number of benzene rings is 1. The highest BCUT2D eigenvalue weighted by molar-refractivity contribution is 6.45. The van der Waals surface area contributed by atoms with Crippen molar-refractivity contribution in [2.45, 2.75) is 6.92 Å². The second-order valence-corrected chi connectivity index (χ2v) is 2.65. The van der Waals surface area contributed by atoms with Crippen LogP contribution in [-0.4, -0.2) is 12.5 Å². The van der Waals surface area contributed by atoms with Crippen molar-refractivity contribution >= 4 is 24.5 Å². The van der Waals surface area contributed by atoms with Gasteiger partial charge in [0.25, 0.3) is 0 Å². The van der Waals surface area contributed by atoms with Crippen LogP contribution < -0.4 is 5.46 Å². The van der Waals surface area contributed by atoms with Gasteiger partial charge in [-0.1, -0.05) is 29.2 Å². The van der Waals surface area contributed by atoms with Crippen LogP contribution in [0.5, 0.6) is 0 Å². The Morgan fingerprint density at radius 1 is 1.50 bits per heavy atom. The highest BCUT2D eigenvalue weighted by atomic mass is 35.5. The Balaban J connectivity index is 3.04. The monoisotopic (exact) mass is 154 g/mol. The van der Waals surface area contributed by atoms with Crippen LogP contribution in [-0.2, 0) is 0 Å². The molecule has 0 aliphatic rings. The molecule has 0 unspecified atom stereocenters. The summed E-state index contributed by atoms with van der Waals surface area (Å²) in [6.45, 7) is 1.92. The molecule has 1 aromatic carbocycles. The average Bonchev–Trinajstić information content (AvgIpc) is 1.95. The highest BCUT2D eigenvalue weighted by Gasteiger charge is 1.96. The molecule has 1 aromatic rings. The Labute approximate surface area is 65.9 Å². The van der Waals surface area contributed by atoms with Crippen LogP contribution in [0.4, 0.5) is 0 Å². The predicted octanol–water partition coefficient (Wildman–Crippen LogP) is 0.618. The lowest BCUT2D eigenvalue weighted by atomic mass is 9.88. The zero-order valence-electron chi connectivity index (χ0n) is 5.76. The smallest absolute Gasteiger partial charge is 0.304 e. The van der Waals surface area contributed by atoms with Crippen LogP contribution in [0.2, 0.25) is 5.02 Å². The summed E-state index contributed by atoms with van der Waals surface area (Å²) in [4.78, 5) is 0. The number of hydrogen-bond acceptors (Lipinski definition) is 1. The average molecular weight is 154 g/mol. The number of halogens is 1. The van der Waals surface area contributed by atoms with Gasteiger partial charge in [0.05, 0.1) is 0 Å². The van der Waals surface area contributed by atoms with Gasteiger partial charge in [0, 0.05) is 5.02 Å². The first-order valence-electron chi connectivity index (χ1n) is 3.10. The van der Waals surface area contributed by atoms with Gasteiger partial charge in [0.2, 0.25) is 0 Å². The summed E-state index contributed by atoms with van der Waals surface area (Å²) in [5.41, 5.74) is 1.91. The maximum atomic E-state index is 8.71. The summed E-state index contributed by atoms with van der Waals surface area (Å²) in [5, 5.41) is 9.46. The molecule has 0 aliphatic carbocycles. The predicted molar refractivity (Wildman–Crippen MR) is 45.2 cm³/mol. The van der Waals surface area contributed by atoms with E-state index >= 15 is 0 Å². The van der Waals surface area contributed by atoms with Crippen molar-refractivity contribution in [1.29, 1.82) is 0 Å². The zero-order valence-corrected chi connectivity index (χ0v) is 6.52. The van der Waals surface area contributed by atoms with Gasteiger partial charge < -0.3 is 5.02 Å². The van der Waals surface area contributed by atoms with E-state index in [1.807, 2.05) is 19.1 Å². The van der Waals surface area contributed by atoms with Gasteiger partial charge in [-0.05, 0) is 18.6 Å². The lowest BCUT2D eigenvalue weighted by molar-refractivity contribution is 0.615. The standard InChI is InChI=1S/C7H8BClO/c1-5-4-6(8-10)2-3-7(5)9/h2-4,8,10H,1H3. The van der Waals surface area contributed by atoms with E-state index in [-0.39, 0.29) is 7.48 Å². The largest absolute Gasteiger partial charge is 0.449 e. The van der Waals surface area contributed by atoms with Crippen LogP contribution in [0.25, 0.3) is 0 Å². The fraction of sp³-hybridized carbons (Fsp3) is 0.143. The SMILES string of the molecule is Cc1cc(BO)ccc1Cl. The van der Waals surface area contributed by atoms with E-state index in [0.717, 1.165) is 16.0 Å². The van der Waals surface area contributed by atoms with E-state index in [9.17, 15) is 0 Å². The molecule has 0 fully saturated rings. The maximum absolute atomic E-state index is 8.71. The fourth-order valence-corrected chi connectivity index (χ4v) is 0.923. The summed E-state index contributed by atoms with van der Waals surface area (Å²) < 4.78 is 0. The van der Waals surface area contributed by atoms with Crippen molar-refractivity contribution in [2.24, 2.45) is 0 Å². The van der Waals surface area contributed by atoms with E-state index in [1.54, 1.807) is 6.07 Å². The Kier molecular flexibility index (Phi) is 2.36. The van der Waals surface area contributed by atoms with Crippen molar-refractivity contribution in [3.8, 4) is 0 Å². The van der Waals surface area contributed by atoms with Crippen molar-refractivity contribution in [1.82, 2.24) is 0 Å². The van der Waals surface area contributed by atoms with Crippen LogP contribution in [0.15, 0.2) is 18.2 Å². The summed E-state index contributed by atoms with van der Waals surface area (Å²) in [7, 11) is 0.0814. The van der Waals surface area contributed by atoms with Crippen LogP contribution in [0.1, 0.15) is 5.56 Å². The van der Waals surface area contributed by atoms with Gasteiger partial charge in [0.1, 0.15) is 0 Å². The minimum atomic E-state index is 0.0814. The normalized spacial score (nSPS) is 9.50. The van der Waals surface area contributed by atoms with E-state index in [1.165, 1.54) is 0 Å². The van der Waals surface area contributed by atoms with E-state index in [0.29, 0.717) is 0 Å². The lowest BCUT2D eigenvalue weighted by Crippen LogP contribution is -2.12. The first kappa shape index (κ1) is 7.64. The van der Waals surface area contributed by atoms with Crippen LogP contribution >= 0.6 is 11.6 Å². The zero-order chi connectivity index (χ0) is 7.56. The maximum Gasteiger partial charge on any atom is 0.304 e. The molecular formula is C7H8BClO. The summed E-state index contributed by atoms with van der Waals surface area (Å²) in [5.74, 6) is 0. The third-order valence-corrected chi connectivity index (χ3v) is 1.83. The first-order chi connectivity index (χ1) is 4.74. The quantitative estimate of drug-likeness (QED) is 0.588. The van der Waals surface area contributed by atoms with Crippen molar-refractivity contribution < 1.29 is 5.02 Å². The van der Waals surface area contributed by atoms with Crippen molar-refractivity contribution in [3.05, 3.63) is 28.8 Å². The molecule has 0 bridgehead atoms. The molecule has 0 atom stereocenters. The second-order valence-electron chi connectivity index (χ2n) is 2.24. The van der Waals surface area contributed by atoms with E-state index in [4.69, 9.17) is 16.6 Å². The van der Waals surface area contributed by atoms with Gasteiger partial charge in [-0.2, -0.15) is 0 Å². The van der Waals surface area contributed by atoms with E-state index < -0.39 is 0 Å². The van der Waals surface area contributed by atoms with Gasteiger partial charge >= 0.3 is 7.48 Å². The number of aryl methyl sites for hydroxylation is 1. The molecule has 10 heavy (non-hydrogen) atoms.